The second-order valence-corrected chi connectivity index (χ2v) is 6.72. The summed E-state index contributed by atoms with van der Waals surface area (Å²) in [5.74, 6) is 0.647. The molecule has 1 heterocycles. The van der Waals surface area contributed by atoms with Crippen molar-refractivity contribution in [2.24, 2.45) is 0 Å². The smallest absolute Gasteiger partial charge is 0.258 e. The Morgan fingerprint density at radius 1 is 1.33 bits per heavy atom. The topological polar surface area (TPSA) is 61.0 Å². The minimum atomic E-state index is -0.0992. The van der Waals surface area contributed by atoms with Gasteiger partial charge in [0.1, 0.15) is 5.82 Å². The number of hydrogen-bond donors (Lipinski definition) is 2. The second-order valence-electron chi connectivity index (χ2n) is 6.33. The van der Waals surface area contributed by atoms with E-state index in [1.807, 2.05) is 18.2 Å². The van der Waals surface area contributed by atoms with Crippen molar-refractivity contribution >= 4 is 28.2 Å². The number of rotatable bonds is 4. The second kappa shape index (κ2) is 7.75. The predicted molar refractivity (Wildman–Crippen MR) is 101 cm³/mol. The number of hydrogen-bond acceptors (Lipinski definition) is 3. The van der Waals surface area contributed by atoms with Crippen molar-refractivity contribution < 1.29 is 0 Å². The summed E-state index contributed by atoms with van der Waals surface area (Å²) >= 11 is 5.58. The molecule has 2 aromatic rings. The lowest BCUT2D eigenvalue weighted by molar-refractivity contribution is 0.371. The van der Waals surface area contributed by atoms with Crippen molar-refractivity contribution in [3.05, 3.63) is 40.4 Å². The van der Waals surface area contributed by atoms with Crippen molar-refractivity contribution in [1.82, 2.24) is 20.2 Å². The molecule has 128 valence electrons. The molecule has 0 atom stereocenters. The van der Waals surface area contributed by atoms with Gasteiger partial charge in [0.25, 0.3) is 5.56 Å². The first-order valence-electron chi connectivity index (χ1n) is 8.70. The zero-order chi connectivity index (χ0) is 16.9. The summed E-state index contributed by atoms with van der Waals surface area (Å²) < 4.78 is 0. The van der Waals surface area contributed by atoms with Gasteiger partial charge in [0.15, 0.2) is 5.11 Å². The number of aromatic nitrogens is 2. The van der Waals surface area contributed by atoms with Gasteiger partial charge in [0.05, 0.1) is 17.4 Å². The highest BCUT2D eigenvalue weighted by Gasteiger charge is 2.17. The summed E-state index contributed by atoms with van der Waals surface area (Å²) in [4.78, 5) is 21.7. The zero-order valence-corrected chi connectivity index (χ0v) is 14.9. The first-order chi connectivity index (χ1) is 11.7. The average Bonchev–Trinajstić information content (AvgIpc) is 2.60. The monoisotopic (exact) mass is 344 g/mol. The summed E-state index contributed by atoms with van der Waals surface area (Å²) in [5.41, 5.74) is 0.622. The zero-order valence-electron chi connectivity index (χ0n) is 14.0. The van der Waals surface area contributed by atoms with Crippen LogP contribution in [0.25, 0.3) is 10.9 Å². The summed E-state index contributed by atoms with van der Waals surface area (Å²) in [6.45, 7) is 3.35. The van der Waals surface area contributed by atoms with Crippen molar-refractivity contribution in [1.29, 1.82) is 0 Å². The molecule has 0 radical (unpaired) electrons. The predicted octanol–water partition coefficient (Wildman–Crippen LogP) is 2.95. The number of nitrogens with zero attached hydrogens (tertiary/aromatic N) is 2. The minimum absolute atomic E-state index is 0.0992. The van der Waals surface area contributed by atoms with Gasteiger partial charge in [0, 0.05) is 12.6 Å². The largest absolute Gasteiger partial charge is 0.360 e. The van der Waals surface area contributed by atoms with Gasteiger partial charge in [0.2, 0.25) is 0 Å². The molecule has 1 aliphatic carbocycles. The van der Waals surface area contributed by atoms with Crippen molar-refractivity contribution in [3.8, 4) is 0 Å². The van der Waals surface area contributed by atoms with E-state index in [0.29, 0.717) is 23.8 Å². The summed E-state index contributed by atoms with van der Waals surface area (Å²) in [7, 11) is 0. The van der Waals surface area contributed by atoms with Gasteiger partial charge in [-0.05, 0) is 44.1 Å². The average molecular weight is 344 g/mol. The lowest BCUT2D eigenvalue weighted by Gasteiger charge is -2.29. The molecule has 1 aromatic heterocycles. The molecule has 1 saturated carbocycles. The minimum Gasteiger partial charge on any atom is -0.360 e. The Hall–Kier alpha value is -1.95. The molecule has 0 spiro atoms. The molecule has 5 nitrogen and oxygen atoms in total. The molecule has 0 saturated heterocycles. The molecular formula is C18H24N4OS. The quantitative estimate of drug-likeness (QED) is 0.835. The van der Waals surface area contributed by atoms with Gasteiger partial charge >= 0.3 is 0 Å². The van der Waals surface area contributed by atoms with Gasteiger partial charge in [-0.25, -0.2) is 4.98 Å². The maximum absolute atomic E-state index is 12.2. The van der Waals surface area contributed by atoms with E-state index in [0.717, 1.165) is 17.2 Å². The molecule has 0 aliphatic heterocycles. The van der Waals surface area contributed by atoms with Crippen molar-refractivity contribution in [2.45, 2.75) is 51.6 Å². The molecule has 0 unspecified atom stereocenters. The lowest BCUT2D eigenvalue weighted by atomic mass is 9.96. The Morgan fingerprint density at radius 2 is 2.08 bits per heavy atom. The normalized spacial score (nSPS) is 15.4. The Bertz CT molecular complexity index is 767. The highest BCUT2D eigenvalue weighted by atomic mass is 32.1. The van der Waals surface area contributed by atoms with Crippen LogP contribution in [0, 0.1) is 0 Å². The first kappa shape index (κ1) is 16.9. The fraction of sp³-hybridized carbons (Fsp3) is 0.500. The van der Waals surface area contributed by atoms with Crippen LogP contribution < -0.4 is 10.9 Å². The van der Waals surface area contributed by atoms with E-state index >= 15 is 0 Å². The van der Waals surface area contributed by atoms with Gasteiger partial charge in [-0.3, -0.25) is 4.79 Å². The molecule has 2 N–H and O–H groups in total. The Kier molecular flexibility index (Phi) is 5.45. The Morgan fingerprint density at radius 3 is 2.83 bits per heavy atom. The van der Waals surface area contributed by atoms with E-state index in [2.05, 4.69) is 27.1 Å². The molecular weight excluding hydrogens is 320 g/mol. The number of benzene rings is 1. The van der Waals surface area contributed by atoms with Crippen molar-refractivity contribution in [3.63, 3.8) is 0 Å². The molecule has 24 heavy (non-hydrogen) atoms. The van der Waals surface area contributed by atoms with Crippen molar-refractivity contribution in [2.75, 3.05) is 6.54 Å². The SMILES string of the molecule is CCN(Cc1nc2ccccc2c(=O)[nH]1)C(=S)NC1CCCCC1. The van der Waals surface area contributed by atoms with Crippen LogP contribution in [0.15, 0.2) is 29.1 Å². The number of H-pyrrole nitrogens is 1. The first-order valence-corrected chi connectivity index (χ1v) is 9.11. The summed E-state index contributed by atoms with van der Waals surface area (Å²) in [5, 5.41) is 4.85. The number of fused-ring (bicyclic) bond motifs is 1. The van der Waals surface area contributed by atoms with Gasteiger partial charge < -0.3 is 15.2 Å². The highest BCUT2D eigenvalue weighted by molar-refractivity contribution is 7.80. The van der Waals surface area contributed by atoms with Crippen LogP contribution in [0.1, 0.15) is 44.9 Å². The molecule has 1 fully saturated rings. The van der Waals surface area contributed by atoms with E-state index in [4.69, 9.17) is 12.2 Å². The number of aromatic amines is 1. The van der Waals surface area contributed by atoms with Crippen LogP contribution in [0.3, 0.4) is 0 Å². The molecule has 3 rings (SSSR count). The van der Waals surface area contributed by atoms with Crippen LogP contribution in [0.4, 0.5) is 0 Å². The molecule has 6 heteroatoms. The van der Waals surface area contributed by atoms with E-state index in [9.17, 15) is 4.79 Å². The van der Waals surface area contributed by atoms with E-state index < -0.39 is 0 Å². The molecule has 0 bridgehead atoms. The van der Waals surface area contributed by atoms with Crippen LogP contribution >= 0.6 is 12.2 Å². The third-order valence-corrected chi connectivity index (χ3v) is 4.98. The summed E-state index contributed by atoms with van der Waals surface area (Å²) in [6.07, 6.45) is 6.23. The maximum Gasteiger partial charge on any atom is 0.258 e. The standard InChI is InChI=1S/C18H24N4OS/c1-2-22(18(24)19-13-8-4-3-5-9-13)12-16-20-15-11-7-6-10-14(15)17(23)21-16/h6-7,10-11,13H,2-5,8-9,12H2,1H3,(H,19,24)(H,20,21,23). The van der Waals surface area contributed by atoms with Crippen LogP contribution in [0.2, 0.25) is 0 Å². The number of thiocarbonyl (C=S) groups is 1. The van der Waals surface area contributed by atoms with Gasteiger partial charge in [-0.15, -0.1) is 0 Å². The third-order valence-electron chi connectivity index (χ3n) is 4.60. The highest BCUT2D eigenvalue weighted by Crippen LogP contribution is 2.17. The summed E-state index contributed by atoms with van der Waals surface area (Å²) in [6, 6.07) is 7.87. The molecule has 1 aromatic carbocycles. The van der Waals surface area contributed by atoms with E-state index in [-0.39, 0.29) is 5.56 Å². The van der Waals surface area contributed by atoms with Gasteiger partial charge in [-0.2, -0.15) is 0 Å². The third kappa shape index (κ3) is 3.93. The van der Waals surface area contributed by atoms with Crippen LogP contribution in [-0.2, 0) is 6.54 Å². The maximum atomic E-state index is 12.2. The van der Waals surface area contributed by atoms with E-state index in [1.165, 1.54) is 32.1 Å². The van der Waals surface area contributed by atoms with Gasteiger partial charge in [-0.1, -0.05) is 31.4 Å². The Labute approximate surface area is 147 Å². The fourth-order valence-corrected chi connectivity index (χ4v) is 3.59. The fourth-order valence-electron chi connectivity index (χ4n) is 3.23. The molecule has 0 amide bonds. The number of nitrogens with one attached hydrogen (secondary N) is 2. The lowest BCUT2D eigenvalue weighted by Crippen LogP contribution is -2.45. The van der Waals surface area contributed by atoms with Crippen LogP contribution in [0.5, 0.6) is 0 Å². The number of para-hydroxylation sites is 1. The van der Waals surface area contributed by atoms with Crippen LogP contribution in [-0.4, -0.2) is 32.6 Å². The van der Waals surface area contributed by atoms with E-state index in [1.54, 1.807) is 6.07 Å². The molecule has 1 aliphatic rings. The Balaban J connectivity index is 1.72.